The molecule has 54 valence electrons. The Morgan fingerprint density at radius 3 is 3.10 bits per heavy atom. The highest BCUT2D eigenvalue weighted by atomic mass is 79.9. The molecule has 10 heavy (non-hydrogen) atoms. The van der Waals surface area contributed by atoms with Crippen molar-refractivity contribution in [2.75, 3.05) is 0 Å². The van der Waals surface area contributed by atoms with Crippen molar-refractivity contribution in [3.05, 3.63) is 36.8 Å². The highest BCUT2D eigenvalue weighted by molar-refractivity contribution is 9.09. The molecule has 1 unspecified atom stereocenters. The molecule has 2 heteroatoms. The lowest BCUT2D eigenvalue weighted by molar-refractivity contribution is 0.508. The smallest absolute Gasteiger partial charge is 0.117 e. The average Bonchev–Trinajstić information content (AvgIpc) is 2.38. The van der Waals surface area contributed by atoms with E-state index in [1.165, 1.54) is 0 Å². The number of halogens is 1. The van der Waals surface area contributed by atoms with Crippen LogP contribution in [0.15, 0.2) is 35.5 Å². The van der Waals surface area contributed by atoms with Crippen LogP contribution in [0.4, 0.5) is 0 Å². The maximum absolute atomic E-state index is 5.15. The standard InChI is InChI=1S/C8H9BrO/c1-2-4-7(9)8-5-3-6-10-8/h2-3,5-7H,1,4H2. The first-order valence-corrected chi connectivity index (χ1v) is 4.04. The number of hydrogen-bond acceptors (Lipinski definition) is 1. The van der Waals surface area contributed by atoms with Crippen molar-refractivity contribution in [2.24, 2.45) is 0 Å². The molecule has 0 saturated heterocycles. The van der Waals surface area contributed by atoms with Crippen LogP contribution in [0.25, 0.3) is 0 Å². The van der Waals surface area contributed by atoms with Crippen LogP contribution in [0.3, 0.4) is 0 Å². The maximum Gasteiger partial charge on any atom is 0.117 e. The topological polar surface area (TPSA) is 13.1 Å². The molecule has 0 aliphatic heterocycles. The van der Waals surface area contributed by atoms with Crippen LogP contribution in [0.5, 0.6) is 0 Å². The molecule has 0 amide bonds. The number of furan rings is 1. The zero-order valence-electron chi connectivity index (χ0n) is 5.59. The number of hydrogen-bond donors (Lipinski definition) is 0. The third-order valence-corrected chi connectivity index (χ3v) is 2.05. The lowest BCUT2D eigenvalue weighted by Gasteiger charge is -2.00. The zero-order valence-corrected chi connectivity index (χ0v) is 7.17. The van der Waals surface area contributed by atoms with Crippen molar-refractivity contribution in [1.82, 2.24) is 0 Å². The molecule has 1 atom stereocenters. The molecular formula is C8H9BrO. The molecule has 0 fully saturated rings. The van der Waals surface area contributed by atoms with E-state index < -0.39 is 0 Å². The van der Waals surface area contributed by atoms with E-state index in [1.807, 2.05) is 18.2 Å². The van der Waals surface area contributed by atoms with E-state index in [9.17, 15) is 0 Å². The minimum Gasteiger partial charge on any atom is -0.468 e. The van der Waals surface area contributed by atoms with Gasteiger partial charge in [0.05, 0.1) is 11.1 Å². The van der Waals surface area contributed by atoms with Gasteiger partial charge in [0.25, 0.3) is 0 Å². The summed E-state index contributed by atoms with van der Waals surface area (Å²) < 4.78 is 5.15. The second-order valence-corrected chi connectivity index (χ2v) is 3.11. The highest BCUT2D eigenvalue weighted by Gasteiger charge is 2.06. The summed E-state index contributed by atoms with van der Waals surface area (Å²) in [6.45, 7) is 3.64. The quantitative estimate of drug-likeness (QED) is 0.540. The average molecular weight is 201 g/mol. The summed E-state index contributed by atoms with van der Waals surface area (Å²) in [7, 11) is 0. The maximum atomic E-state index is 5.15. The molecule has 1 nitrogen and oxygen atoms in total. The lowest BCUT2D eigenvalue weighted by atomic mass is 10.2. The van der Waals surface area contributed by atoms with Crippen LogP contribution in [0.2, 0.25) is 0 Å². The molecule has 1 heterocycles. The van der Waals surface area contributed by atoms with Gasteiger partial charge in [0.2, 0.25) is 0 Å². The van der Waals surface area contributed by atoms with Crippen molar-refractivity contribution in [3.8, 4) is 0 Å². The van der Waals surface area contributed by atoms with Crippen molar-refractivity contribution >= 4 is 15.9 Å². The first-order valence-electron chi connectivity index (χ1n) is 3.13. The third-order valence-electron chi connectivity index (χ3n) is 1.23. The second kappa shape index (κ2) is 3.62. The van der Waals surface area contributed by atoms with Crippen LogP contribution in [-0.2, 0) is 0 Å². The van der Waals surface area contributed by atoms with E-state index in [1.54, 1.807) is 6.26 Å². The molecular weight excluding hydrogens is 192 g/mol. The van der Waals surface area contributed by atoms with Crippen molar-refractivity contribution in [2.45, 2.75) is 11.2 Å². The largest absolute Gasteiger partial charge is 0.468 e. The van der Waals surface area contributed by atoms with Gasteiger partial charge in [-0.25, -0.2) is 0 Å². The molecule has 1 rings (SSSR count). The normalized spacial score (nSPS) is 12.9. The highest BCUT2D eigenvalue weighted by Crippen LogP contribution is 2.26. The summed E-state index contributed by atoms with van der Waals surface area (Å²) in [4.78, 5) is 0.278. The first kappa shape index (κ1) is 7.61. The molecule has 0 spiro atoms. The van der Waals surface area contributed by atoms with Gasteiger partial charge in [0.1, 0.15) is 5.76 Å². The van der Waals surface area contributed by atoms with Crippen LogP contribution in [0.1, 0.15) is 17.0 Å². The van der Waals surface area contributed by atoms with Gasteiger partial charge in [-0.1, -0.05) is 22.0 Å². The van der Waals surface area contributed by atoms with Gasteiger partial charge in [0, 0.05) is 0 Å². The van der Waals surface area contributed by atoms with E-state index in [0.717, 1.165) is 12.2 Å². The van der Waals surface area contributed by atoms with E-state index >= 15 is 0 Å². The first-order chi connectivity index (χ1) is 4.84. The van der Waals surface area contributed by atoms with Crippen molar-refractivity contribution < 1.29 is 4.42 Å². The summed E-state index contributed by atoms with van der Waals surface area (Å²) in [6.07, 6.45) is 4.43. The molecule has 0 N–H and O–H groups in total. The minimum absolute atomic E-state index is 0.278. The van der Waals surface area contributed by atoms with E-state index in [2.05, 4.69) is 22.5 Å². The predicted octanol–water partition coefficient (Wildman–Crippen LogP) is 3.29. The summed E-state index contributed by atoms with van der Waals surface area (Å²) in [5, 5.41) is 0. The van der Waals surface area contributed by atoms with Crippen molar-refractivity contribution in [3.63, 3.8) is 0 Å². The monoisotopic (exact) mass is 200 g/mol. The van der Waals surface area contributed by atoms with Gasteiger partial charge in [0.15, 0.2) is 0 Å². The summed E-state index contributed by atoms with van der Waals surface area (Å²) >= 11 is 3.46. The number of allylic oxidation sites excluding steroid dienone is 1. The Kier molecular flexibility index (Phi) is 2.75. The fraction of sp³-hybridized carbons (Fsp3) is 0.250. The van der Waals surface area contributed by atoms with Gasteiger partial charge in [-0.15, -0.1) is 6.58 Å². The SMILES string of the molecule is C=CCC(Br)c1ccco1. The Labute approximate surface area is 68.9 Å². The van der Waals surface area contributed by atoms with Gasteiger partial charge < -0.3 is 4.42 Å². The lowest BCUT2D eigenvalue weighted by Crippen LogP contribution is -1.82. The molecule has 0 bridgehead atoms. The summed E-state index contributed by atoms with van der Waals surface area (Å²) in [5.74, 6) is 0.958. The summed E-state index contributed by atoms with van der Waals surface area (Å²) in [5.41, 5.74) is 0. The van der Waals surface area contributed by atoms with E-state index in [4.69, 9.17) is 4.42 Å². The Balaban J connectivity index is 2.58. The van der Waals surface area contributed by atoms with Gasteiger partial charge in [-0.2, -0.15) is 0 Å². The zero-order chi connectivity index (χ0) is 7.40. The Hall–Kier alpha value is -0.500. The molecule has 1 aromatic heterocycles. The van der Waals surface area contributed by atoms with E-state index in [-0.39, 0.29) is 4.83 Å². The molecule has 1 aromatic rings. The fourth-order valence-electron chi connectivity index (χ4n) is 0.732. The van der Waals surface area contributed by atoms with Gasteiger partial charge in [-0.3, -0.25) is 0 Å². The van der Waals surface area contributed by atoms with Crippen LogP contribution in [0, 0.1) is 0 Å². The number of rotatable bonds is 3. The fourth-order valence-corrected chi connectivity index (χ4v) is 1.26. The number of alkyl halides is 1. The van der Waals surface area contributed by atoms with Crippen LogP contribution < -0.4 is 0 Å². The van der Waals surface area contributed by atoms with E-state index in [0.29, 0.717) is 0 Å². The molecule has 0 saturated carbocycles. The second-order valence-electron chi connectivity index (χ2n) is 2.01. The molecule has 0 aromatic carbocycles. The van der Waals surface area contributed by atoms with Gasteiger partial charge in [-0.05, 0) is 18.6 Å². The van der Waals surface area contributed by atoms with Gasteiger partial charge >= 0.3 is 0 Å². The Bertz CT molecular complexity index is 191. The molecule has 0 radical (unpaired) electrons. The van der Waals surface area contributed by atoms with Crippen LogP contribution in [-0.4, -0.2) is 0 Å². The molecule has 0 aliphatic carbocycles. The minimum atomic E-state index is 0.278. The Morgan fingerprint density at radius 1 is 1.80 bits per heavy atom. The predicted molar refractivity (Wildman–Crippen MR) is 45.2 cm³/mol. The van der Waals surface area contributed by atoms with Crippen LogP contribution >= 0.6 is 15.9 Å². The Morgan fingerprint density at radius 2 is 2.60 bits per heavy atom. The molecule has 0 aliphatic rings. The summed E-state index contributed by atoms with van der Waals surface area (Å²) in [6, 6.07) is 3.83. The third kappa shape index (κ3) is 1.74. The van der Waals surface area contributed by atoms with Crippen molar-refractivity contribution in [1.29, 1.82) is 0 Å².